The molecule has 0 radical (unpaired) electrons. The van der Waals surface area contributed by atoms with E-state index in [1.54, 1.807) is 24.5 Å². The van der Waals surface area contributed by atoms with E-state index >= 15 is 0 Å². The van der Waals surface area contributed by atoms with Crippen LogP contribution in [0.25, 0.3) is 28.2 Å². The van der Waals surface area contributed by atoms with Gasteiger partial charge in [0.15, 0.2) is 0 Å². The third-order valence-electron chi connectivity index (χ3n) is 4.16. The van der Waals surface area contributed by atoms with E-state index in [2.05, 4.69) is 10.3 Å². The largest absolute Gasteiger partial charge is 0.507 e. The number of aryl methyl sites for hydroxylation is 2. The maximum Gasteiger partial charge on any atom is 0.290 e. The summed E-state index contributed by atoms with van der Waals surface area (Å²) in [6, 6.07) is 5.52. The Morgan fingerprint density at radius 2 is 1.88 bits per heavy atom. The molecule has 4 rings (SSSR count). The third-order valence-corrected chi connectivity index (χ3v) is 4.97. The second kappa shape index (κ2) is 6.03. The molecule has 0 spiro atoms. The molecule has 3 heterocycles. The van der Waals surface area contributed by atoms with Crippen LogP contribution < -0.4 is 5.32 Å². The van der Waals surface area contributed by atoms with Crippen molar-refractivity contribution in [2.45, 2.75) is 13.8 Å². The van der Waals surface area contributed by atoms with E-state index < -0.39 is 11.1 Å². The number of pyridine rings is 1. The van der Waals surface area contributed by atoms with Gasteiger partial charge in [0.1, 0.15) is 17.1 Å². The number of carbonyl (C=O) groups excluding carboxylic acids is 2. The fourth-order valence-electron chi connectivity index (χ4n) is 2.92. The van der Waals surface area contributed by atoms with Gasteiger partial charge in [0.25, 0.3) is 11.1 Å². The van der Waals surface area contributed by atoms with Gasteiger partial charge in [-0.15, -0.1) is 0 Å². The zero-order chi connectivity index (χ0) is 18.4. The fourth-order valence-corrected chi connectivity index (χ4v) is 3.58. The number of imide groups is 1. The van der Waals surface area contributed by atoms with Crippen LogP contribution in [0, 0.1) is 13.8 Å². The van der Waals surface area contributed by atoms with E-state index in [0.717, 1.165) is 39.4 Å². The zero-order valence-electron chi connectivity index (χ0n) is 14.0. The number of furan rings is 1. The van der Waals surface area contributed by atoms with E-state index in [1.807, 2.05) is 26.0 Å². The summed E-state index contributed by atoms with van der Waals surface area (Å²) in [5, 5.41) is 12.6. The second-order valence-electron chi connectivity index (χ2n) is 6.07. The molecule has 26 heavy (non-hydrogen) atoms. The minimum absolute atomic E-state index is 0.271. The number of benzene rings is 1. The Balaban J connectivity index is 1.83. The highest BCUT2D eigenvalue weighted by atomic mass is 32.2. The fraction of sp³-hybridized carbons (Fsp3) is 0.105. The first-order valence-electron chi connectivity index (χ1n) is 7.85. The van der Waals surface area contributed by atoms with Gasteiger partial charge in [-0.1, -0.05) is 0 Å². The number of aromatic hydroxyl groups is 1. The quantitative estimate of drug-likeness (QED) is 0.662. The van der Waals surface area contributed by atoms with Crippen molar-refractivity contribution >= 4 is 40.0 Å². The number of phenolic OH excluding ortho intramolecular Hbond substituents is 1. The second-order valence-corrected chi connectivity index (χ2v) is 7.08. The third kappa shape index (κ3) is 2.76. The summed E-state index contributed by atoms with van der Waals surface area (Å²) >= 11 is 0.843. The molecule has 0 bridgehead atoms. The van der Waals surface area contributed by atoms with E-state index in [0.29, 0.717) is 16.2 Å². The highest BCUT2D eigenvalue weighted by molar-refractivity contribution is 8.18. The van der Waals surface area contributed by atoms with Crippen LogP contribution in [-0.2, 0) is 4.79 Å². The van der Waals surface area contributed by atoms with Gasteiger partial charge < -0.3 is 9.52 Å². The Bertz CT molecular complexity index is 1090. The predicted octanol–water partition coefficient (Wildman–Crippen LogP) is 4.14. The van der Waals surface area contributed by atoms with Crippen molar-refractivity contribution in [3.8, 4) is 16.9 Å². The standard InChI is InChI=1S/C19H14N2O4S/c1-9-3-11(4-10(2)16(9)22)14-8-20-7-12-5-13(25-17(12)14)6-15-18(23)21-19(24)26-15/h3-8,22H,1-2H3,(H,21,23,24)/b15-6+. The van der Waals surface area contributed by atoms with E-state index in [-0.39, 0.29) is 5.75 Å². The van der Waals surface area contributed by atoms with Gasteiger partial charge in [0, 0.05) is 29.4 Å². The molecule has 3 aromatic rings. The molecule has 1 aromatic carbocycles. The average molecular weight is 366 g/mol. The molecule has 130 valence electrons. The van der Waals surface area contributed by atoms with E-state index in [4.69, 9.17) is 4.42 Å². The van der Waals surface area contributed by atoms with Crippen molar-refractivity contribution < 1.29 is 19.1 Å². The number of nitrogens with one attached hydrogen (secondary N) is 1. The van der Waals surface area contributed by atoms with Crippen LogP contribution in [0.5, 0.6) is 5.75 Å². The molecule has 0 atom stereocenters. The molecule has 0 saturated carbocycles. The topological polar surface area (TPSA) is 92.4 Å². The Labute approximate surface area is 152 Å². The first-order chi connectivity index (χ1) is 12.4. The molecule has 0 unspecified atom stereocenters. The maximum absolute atomic E-state index is 11.7. The van der Waals surface area contributed by atoms with Crippen molar-refractivity contribution in [1.29, 1.82) is 0 Å². The van der Waals surface area contributed by atoms with E-state index in [9.17, 15) is 14.7 Å². The number of carbonyl (C=O) groups is 2. The minimum atomic E-state index is -0.427. The van der Waals surface area contributed by atoms with Crippen LogP contribution in [0.15, 0.2) is 39.9 Å². The van der Waals surface area contributed by atoms with Crippen molar-refractivity contribution in [2.75, 3.05) is 0 Å². The lowest BCUT2D eigenvalue weighted by molar-refractivity contribution is -0.115. The highest BCUT2D eigenvalue weighted by Crippen LogP contribution is 2.35. The average Bonchev–Trinajstić information content (AvgIpc) is 3.14. The lowest BCUT2D eigenvalue weighted by Gasteiger charge is -2.08. The lowest BCUT2D eigenvalue weighted by atomic mass is 10.00. The van der Waals surface area contributed by atoms with Gasteiger partial charge in [-0.05, 0) is 60.5 Å². The number of amides is 2. The number of hydrogen-bond acceptors (Lipinski definition) is 6. The summed E-state index contributed by atoms with van der Waals surface area (Å²) < 4.78 is 5.93. The molecule has 0 aliphatic carbocycles. The summed E-state index contributed by atoms with van der Waals surface area (Å²) in [7, 11) is 0. The van der Waals surface area contributed by atoms with Crippen molar-refractivity contribution in [3.63, 3.8) is 0 Å². The zero-order valence-corrected chi connectivity index (χ0v) is 14.8. The van der Waals surface area contributed by atoms with Crippen molar-refractivity contribution in [2.24, 2.45) is 0 Å². The molecule has 2 amide bonds. The SMILES string of the molecule is Cc1cc(-c2cncc3cc(/C=C4/SC(=O)NC4=O)oc23)cc(C)c1O. The molecular formula is C19H14N2O4S. The molecule has 1 aliphatic rings. The van der Waals surface area contributed by atoms with Crippen molar-refractivity contribution in [3.05, 3.63) is 52.4 Å². The number of fused-ring (bicyclic) bond motifs is 1. The first kappa shape index (κ1) is 16.4. The van der Waals surface area contributed by atoms with Gasteiger partial charge in [0.2, 0.25) is 0 Å². The number of thioether (sulfide) groups is 1. The first-order valence-corrected chi connectivity index (χ1v) is 8.67. The number of phenols is 1. The summed E-state index contributed by atoms with van der Waals surface area (Å²) in [5.74, 6) is 0.310. The summed E-state index contributed by atoms with van der Waals surface area (Å²) in [4.78, 5) is 27.5. The number of nitrogens with zero attached hydrogens (tertiary/aromatic N) is 1. The van der Waals surface area contributed by atoms with Crippen molar-refractivity contribution in [1.82, 2.24) is 10.3 Å². The normalized spacial score (nSPS) is 15.8. The molecule has 6 nitrogen and oxygen atoms in total. The van der Waals surface area contributed by atoms with Crippen LogP contribution in [-0.4, -0.2) is 21.2 Å². The number of rotatable bonds is 2. The van der Waals surface area contributed by atoms with Crippen LogP contribution in [0.3, 0.4) is 0 Å². The monoisotopic (exact) mass is 366 g/mol. The Kier molecular flexibility index (Phi) is 3.81. The number of hydrogen-bond donors (Lipinski definition) is 2. The van der Waals surface area contributed by atoms with Gasteiger partial charge in [-0.2, -0.15) is 0 Å². The molecule has 1 fully saturated rings. The molecule has 1 aliphatic heterocycles. The maximum atomic E-state index is 11.7. The molecule has 1 saturated heterocycles. The Morgan fingerprint density at radius 3 is 2.54 bits per heavy atom. The lowest BCUT2D eigenvalue weighted by Crippen LogP contribution is -2.17. The molecule has 2 aromatic heterocycles. The van der Waals surface area contributed by atoms with Crippen LogP contribution in [0.2, 0.25) is 0 Å². The summed E-state index contributed by atoms with van der Waals surface area (Å²) in [5.41, 5.74) is 3.84. The van der Waals surface area contributed by atoms with Gasteiger partial charge in [-0.25, -0.2) is 0 Å². The smallest absolute Gasteiger partial charge is 0.290 e. The predicted molar refractivity (Wildman–Crippen MR) is 99.7 cm³/mol. The van der Waals surface area contributed by atoms with Crippen LogP contribution in [0.1, 0.15) is 16.9 Å². The molecule has 7 heteroatoms. The number of aromatic nitrogens is 1. The summed E-state index contributed by atoms with van der Waals surface area (Å²) in [6.45, 7) is 3.68. The molecule has 2 N–H and O–H groups in total. The van der Waals surface area contributed by atoms with Gasteiger partial charge >= 0.3 is 0 Å². The minimum Gasteiger partial charge on any atom is -0.507 e. The van der Waals surface area contributed by atoms with Crippen LogP contribution >= 0.6 is 11.8 Å². The summed E-state index contributed by atoms with van der Waals surface area (Å²) in [6.07, 6.45) is 4.92. The Hall–Kier alpha value is -3.06. The van der Waals surface area contributed by atoms with E-state index in [1.165, 1.54) is 0 Å². The van der Waals surface area contributed by atoms with Gasteiger partial charge in [-0.3, -0.25) is 19.9 Å². The van der Waals surface area contributed by atoms with Crippen LogP contribution in [0.4, 0.5) is 4.79 Å². The Morgan fingerprint density at radius 1 is 1.15 bits per heavy atom. The van der Waals surface area contributed by atoms with Gasteiger partial charge in [0.05, 0.1) is 4.91 Å². The highest BCUT2D eigenvalue weighted by Gasteiger charge is 2.25. The molecular weight excluding hydrogens is 352 g/mol.